The Labute approximate surface area is 154 Å². The van der Waals surface area contributed by atoms with E-state index in [0.717, 1.165) is 5.69 Å². The van der Waals surface area contributed by atoms with Gasteiger partial charge in [0.25, 0.3) is 0 Å². The first-order valence-corrected chi connectivity index (χ1v) is 8.64. The third-order valence-corrected chi connectivity index (χ3v) is 4.30. The van der Waals surface area contributed by atoms with Gasteiger partial charge < -0.3 is 10.6 Å². The minimum Gasteiger partial charge on any atom is -0.352 e. The lowest BCUT2D eigenvalue weighted by Crippen LogP contribution is -2.33. The van der Waals surface area contributed by atoms with Crippen molar-refractivity contribution in [2.75, 3.05) is 5.32 Å². The van der Waals surface area contributed by atoms with Crippen molar-refractivity contribution >= 4 is 23.0 Å². The van der Waals surface area contributed by atoms with Gasteiger partial charge in [-0.3, -0.25) is 4.98 Å². The summed E-state index contributed by atoms with van der Waals surface area (Å²) >= 11 is 5.54. The first-order valence-electron chi connectivity index (χ1n) is 8.23. The van der Waals surface area contributed by atoms with E-state index in [4.69, 9.17) is 12.2 Å². The number of pyridine rings is 1. The Morgan fingerprint density at radius 1 is 0.960 bits per heavy atom. The zero-order valence-electron chi connectivity index (χ0n) is 14.4. The van der Waals surface area contributed by atoms with Gasteiger partial charge in [0.2, 0.25) is 0 Å². The van der Waals surface area contributed by atoms with Crippen LogP contribution in [-0.2, 0) is 0 Å². The van der Waals surface area contributed by atoms with Crippen molar-refractivity contribution in [1.29, 1.82) is 0 Å². The summed E-state index contributed by atoms with van der Waals surface area (Å²) in [5.74, 6) is 0. The molecule has 25 heavy (non-hydrogen) atoms. The summed E-state index contributed by atoms with van der Waals surface area (Å²) in [5.41, 5.74) is 5.81. The molecule has 0 radical (unpaired) electrons. The highest BCUT2D eigenvalue weighted by atomic mass is 32.1. The molecule has 2 N–H and O–H groups in total. The molecular formula is C21H21N3S. The summed E-state index contributed by atoms with van der Waals surface area (Å²) in [6, 6.07) is 20.6. The molecule has 0 spiro atoms. The number of anilines is 1. The van der Waals surface area contributed by atoms with E-state index in [0.29, 0.717) is 5.11 Å². The summed E-state index contributed by atoms with van der Waals surface area (Å²) in [5, 5.41) is 7.26. The van der Waals surface area contributed by atoms with Crippen LogP contribution in [0, 0.1) is 13.8 Å². The highest BCUT2D eigenvalue weighted by Gasteiger charge is 2.17. The van der Waals surface area contributed by atoms with Gasteiger partial charge >= 0.3 is 0 Å². The second-order valence-electron chi connectivity index (χ2n) is 6.04. The normalized spacial score (nSPS) is 11.6. The Morgan fingerprint density at radius 3 is 2.36 bits per heavy atom. The fourth-order valence-corrected chi connectivity index (χ4v) is 3.10. The third-order valence-electron chi connectivity index (χ3n) is 4.08. The van der Waals surface area contributed by atoms with Gasteiger partial charge in [-0.2, -0.15) is 0 Å². The van der Waals surface area contributed by atoms with Gasteiger partial charge in [0.15, 0.2) is 5.11 Å². The SMILES string of the molecule is Cc1ccc([C@H](NC(=S)Nc2ccncc2)c2ccccc2)c(C)c1. The molecule has 0 amide bonds. The third kappa shape index (κ3) is 4.43. The molecule has 0 aliphatic carbocycles. The minimum atomic E-state index is -0.0105. The summed E-state index contributed by atoms with van der Waals surface area (Å²) in [4.78, 5) is 4.02. The number of benzene rings is 2. The average molecular weight is 347 g/mol. The van der Waals surface area contributed by atoms with Gasteiger partial charge in [-0.1, -0.05) is 54.1 Å². The quantitative estimate of drug-likeness (QED) is 0.666. The van der Waals surface area contributed by atoms with Crippen LogP contribution in [0.4, 0.5) is 5.69 Å². The van der Waals surface area contributed by atoms with Crippen LogP contribution in [0.3, 0.4) is 0 Å². The second kappa shape index (κ2) is 7.90. The van der Waals surface area contributed by atoms with E-state index in [9.17, 15) is 0 Å². The van der Waals surface area contributed by atoms with Crippen molar-refractivity contribution in [3.63, 3.8) is 0 Å². The zero-order chi connectivity index (χ0) is 17.6. The maximum Gasteiger partial charge on any atom is 0.171 e. The highest BCUT2D eigenvalue weighted by Crippen LogP contribution is 2.26. The molecule has 1 heterocycles. The molecule has 4 heteroatoms. The lowest BCUT2D eigenvalue weighted by Gasteiger charge is -2.24. The maximum absolute atomic E-state index is 5.54. The van der Waals surface area contributed by atoms with Crippen LogP contribution < -0.4 is 10.6 Å². The number of hydrogen-bond donors (Lipinski definition) is 2. The van der Waals surface area contributed by atoms with Crippen molar-refractivity contribution in [2.24, 2.45) is 0 Å². The van der Waals surface area contributed by atoms with Crippen molar-refractivity contribution < 1.29 is 0 Å². The fourth-order valence-electron chi connectivity index (χ4n) is 2.87. The summed E-state index contributed by atoms with van der Waals surface area (Å²) < 4.78 is 0. The molecule has 0 bridgehead atoms. The molecule has 0 saturated heterocycles. The molecule has 3 nitrogen and oxygen atoms in total. The largest absolute Gasteiger partial charge is 0.352 e. The number of aromatic nitrogens is 1. The van der Waals surface area contributed by atoms with E-state index >= 15 is 0 Å². The Bertz CT molecular complexity index is 848. The smallest absolute Gasteiger partial charge is 0.171 e. The molecule has 3 rings (SSSR count). The first kappa shape index (κ1) is 17.1. The molecular weight excluding hydrogens is 326 g/mol. The number of thiocarbonyl (C=S) groups is 1. The van der Waals surface area contributed by atoms with Gasteiger partial charge in [-0.15, -0.1) is 0 Å². The van der Waals surface area contributed by atoms with Gasteiger partial charge in [0.1, 0.15) is 0 Å². The van der Waals surface area contributed by atoms with Crippen LogP contribution in [-0.4, -0.2) is 10.1 Å². The van der Waals surface area contributed by atoms with Gasteiger partial charge in [-0.25, -0.2) is 0 Å². The zero-order valence-corrected chi connectivity index (χ0v) is 15.2. The molecule has 3 aromatic rings. The van der Waals surface area contributed by atoms with Crippen LogP contribution >= 0.6 is 12.2 Å². The van der Waals surface area contributed by atoms with E-state index in [1.54, 1.807) is 12.4 Å². The lowest BCUT2D eigenvalue weighted by atomic mass is 9.94. The van der Waals surface area contributed by atoms with Gasteiger partial charge in [0, 0.05) is 18.1 Å². The predicted molar refractivity (Wildman–Crippen MR) is 108 cm³/mol. The number of nitrogens with one attached hydrogen (secondary N) is 2. The maximum atomic E-state index is 5.54. The summed E-state index contributed by atoms with van der Waals surface area (Å²) in [6.45, 7) is 4.25. The van der Waals surface area contributed by atoms with Crippen LogP contribution in [0.15, 0.2) is 73.1 Å². The number of aryl methyl sites for hydroxylation is 2. The molecule has 2 aromatic carbocycles. The van der Waals surface area contributed by atoms with Gasteiger partial charge in [-0.05, 0) is 54.9 Å². The van der Waals surface area contributed by atoms with Crippen molar-refractivity contribution in [2.45, 2.75) is 19.9 Å². The van der Waals surface area contributed by atoms with Crippen LogP contribution in [0.2, 0.25) is 0 Å². The Hall–Kier alpha value is -2.72. The average Bonchev–Trinajstić information content (AvgIpc) is 2.62. The molecule has 0 aliphatic heterocycles. The Kier molecular flexibility index (Phi) is 5.41. The standard InChI is InChI=1S/C21H21N3S/c1-15-8-9-19(16(2)14-15)20(17-6-4-3-5-7-17)24-21(25)23-18-10-12-22-13-11-18/h3-14,20H,1-2H3,(H2,22,23,24,25)/t20-/m1/s1. The summed E-state index contributed by atoms with van der Waals surface area (Å²) in [7, 11) is 0. The van der Waals surface area contributed by atoms with E-state index in [1.165, 1.54) is 22.3 Å². The van der Waals surface area contributed by atoms with Crippen LogP contribution in [0.1, 0.15) is 28.3 Å². The Morgan fingerprint density at radius 2 is 1.68 bits per heavy atom. The monoisotopic (exact) mass is 347 g/mol. The van der Waals surface area contributed by atoms with Crippen molar-refractivity contribution in [3.05, 3.63) is 95.3 Å². The van der Waals surface area contributed by atoms with Crippen molar-refractivity contribution in [1.82, 2.24) is 10.3 Å². The van der Waals surface area contributed by atoms with E-state index in [-0.39, 0.29) is 6.04 Å². The van der Waals surface area contributed by atoms with Gasteiger partial charge in [0.05, 0.1) is 6.04 Å². The van der Waals surface area contributed by atoms with E-state index < -0.39 is 0 Å². The lowest BCUT2D eigenvalue weighted by molar-refractivity contribution is 0.762. The molecule has 0 aliphatic rings. The first-order chi connectivity index (χ1) is 12.1. The summed E-state index contributed by atoms with van der Waals surface area (Å²) in [6.07, 6.45) is 3.48. The molecule has 0 fully saturated rings. The number of rotatable bonds is 4. The molecule has 1 aromatic heterocycles. The predicted octanol–water partition coefficient (Wildman–Crippen LogP) is 4.77. The van der Waals surface area contributed by atoms with Crippen LogP contribution in [0.5, 0.6) is 0 Å². The minimum absolute atomic E-state index is 0.0105. The molecule has 0 saturated carbocycles. The number of nitrogens with zero attached hydrogens (tertiary/aromatic N) is 1. The highest BCUT2D eigenvalue weighted by molar-refractivity contribution is 7.80. The fraction of sp³-hybridized carbons (Fsp3) is 0.143. The topological polar surface area (TPSA) is 37.0 Å². The van der Waals surface area contributed by atoms with E-state index in [1.807, 2.05) is 30.3 Å². The second-order valence-corrected chi connectivity index (χ2v) is 6.45. The molecule has 0 unspecified atom stereocenters. The van der Waals surface area contributed by atoms with E-state index in [2.05, 4.69) is 59.8 Å². The Balaban J connectivity index is 1.88. The molecule has 126 valence electrons. The van der Waals surface area contributed by atoms with Crippen LogP contribution in [0.25, 0.3) is 0 Å². The molecule has 1 atom stereocenters. The van der Waals surface area contributed by atoms with Crippen molar-refractivity contribution in [3.8, 4) is 0 Å². The number of hydrogen-bond acceptors (Lipinski definition) is 2.